The lowest BCUT2D eigenvalue weighted by Crippen LogP contribution is -2.14. The van der Waals surface area contributed by atoms with Crippen LogP contribution in [0.3, 0.4) is 0 Å². The van der Waals surface area contributed by atoms with Crippen LogP contribution in [0.1, 0.15) is 11.1 Å². The molecule has 1 aromatic carbocycles. The van der Waals surface area contributed by atoms with Gasteiger partial charge >= 0.3 is 0 Å². The molecule has 0 fully saturated rings. The minimum atomic E-state index is 1.09. The fraction of sp³-hybridized carbons (Fsp3) is 0.300. The second-order valence-corrected chi connectivity index (χ2v) is 3.03. The summed E-state index contributed by atoms with van der Waals surface area (Å²) in [4.78, 5) is 1.80. The molecule has 0 saturated heterocycles. The normalized spacial score (nSPS) is 9.58. The van der Waals surface area contributed by atoms with Crippen molar-refractivity contribution in [1.82, 2.24) is 0 Å². The molecule has 0 saturated carbocycles. The molecule has 0 bridgehead atoms. The van der Waals surface area contributed by atoms with E-state index in [9.17, 15) is 0 Å². The summed E-state index contributed by atoms with van der Waals surface area (Å²) >= 11 is 0. The van der Waals surface area contributed by atoms with Crippen molar-refractivity contribution in [3.8, 4) is 0 Å². The Morgan fingerprint density at radius 3 is 2.50 bits per heavy atom. The molecule has 0 spiro atoms. The van der Waals surface area contributed by atoms with Gasteiger partial charge in [0.25, 0.3) is 0 Å². The van der Waals surface area contributed by atoms with E-state index in [0.29, 0.717) is 0 Å². The van der Waals surface area contributed by atoms with Crippen molar-refractivity contribution in [2.45, 2.75) is 13.8 Å². The fourth-order valence-corrected chi connectivity index (χ4v) is 1.27. The molecule has 0 radical (unpaired) electrons. The largest absolute Gasteiger partial charge is 0.336 e. The molecule has 0 amide bonds. The molecular weight excluding hydrogens is 148 g/mol. The summed E-state index contributed by atoms with van der Waals surface area (Å²) in [7, 11) is 1.88. The van der Waals surface area contributed by atoms with Crippen LogP contribution in [0.25, 0.3) is 0 Å². The predicted molar refractivity (Wildman–Crippen MR) is 53.1 cm³/mol. The predicted octanol–water partition coefficient (Wildman–Crippen LogP) is 2.35. The highest BCUT2D eigenvalue weighted by atomic mass is 15.1. The van der Waals surface area contributed by atoms with Gasteiger partial charge in [-0.25, -0.2) is 0 Å². The van der Waals surface area contributed by atoms with Gasteiger partial charge in [0, 0.05) is 12.7 Å². The molecule has 0 aromatic heterocycles. The van der Waals surface area contributed by atoms with Gasteiger partial charge in [-0.2, -0.15) is 0 Å². The van der Waals surface area contributed by atoms with Crippen LogP contribution in [-0.4, -0.2) is 13.4 Å². The number of anilines is 1. The highest BCUT2D eigenvalue weighted by Gasteiger charge is 2.00. The molecule has 0 unspecified atom stereocenters. The van der Waals surface area contributed by atoms with Gasteiger partial charge < -0.3 is 4.90 Å². The summed E-state index contributed by atoms with van der Waals surface area (Å²) in [5.74, 6) is 0. The van der Waals surface area contributed by atoms with Crippen LogP contribution in [0.5, 0.6) is 0 Å². The van der Waals surface area contributed by atoms with E-state index in [1.54, 1.807) is 4.90 Å². The van der Waals surface area contributed by atoms with Crippen molar-refractivity contribution in [3.05, 3.63) is 29.3 Å². The molecule has 1 rings (SSSR count). The van der Waals surface area contributed by atoms with Crippen LogP contribution >= 0.6 is 0 Å². The molecule has 2 nitrogen and oxygen atoms in total. The van der Waals surface area contributed by atoms with Crippen LogP contribution in [-0.2, 0) is 0 Å². The number of nitrogens with one attached hydrogen (secondary N) is 1. The molecular formula is C10H14N2. The topological polar surface area (TPSA) is 27.1 Å². The van der Waals surface area contributed by atoms with E-state index in [1.165, 1.54) is 17.5 Å². The van der Waals surface area contributed by atoms with E-state index in [1.807, 2.05) is 13.1 Å². The van der Waals surface area contributed by atoms with Crippen LogP contribution < -0.4 is 4.90 Å². The number of hydrogen-bond donors (Lipinski definition) is 1. The van der Waals surface area contributed by atoms with E-state index in [2.05, 4.69) is 26.0 Å². The van der Waals surface area contributed by atoms with Crippen molar-refractivity contribution in [2.24, 2.45) is 0 Å². The van der Waals surface area contributed by atoms with Crippen LogP contribution in [0.15, 0.2) is 18.2 Å². The Hall–Kier alpha value is -1.31. The van der Waals surface area contributed by atoms with Gasteiger partial charge in [0.2, 0.25) is 0 Å². The zero-order chi connectivity index (χ0) is 9.14. The maximum atomic E-state index is 7.10. The summed E-state index contributed by atoms with van der Waals surface area (Å²) in [6.07, 6.45) is 1.32. The molecule has 1 aromatic rings. The highest BCUT2D eigenvalue weighted by Crippen LogP contribution is 2.18. The Kier molecular flexibility index (Phi) is 2.48. The average molecular weight is 162 g/mol. The third-order valence-electron chi connectivity index (χ3n) is 1.93. The lowest BCUT2D eigenvalue weighted by atomic mass is 10.1. The van der Waals surface area contributed by atoms with Crippen molar-refractivity contribution in [2.75, 3.05) is 11.9 Å². The van der Waals surface area contributed by atoms with Gasteiger partial charge in [0.1, 0.15) is 0 Å². The molecule has 0 aliphatic carbocycles. The fourth-order valence-electron chi connectivity index (χ4n) is 1.27. The zero-order valence-electron chi connectivity index (χ0n) is 7.76. The second-order valence-electron chi connectivity index (χ2n) is 3.03. The summed E-state index contributed by atoms with van der Waals surface area (Å²) in [5, 5.41) is 7.10. The average Bonchev–Trinajstić information content (AvgIpc) is 2.03. The first-order chi connectivity index (χ1) is 5.65. The molecule has 0 aliphatic rings. The number of rotatable bonds is 2. The summed E-state index contributed by atoms with van der Waals surface area (Å²) < 4.78 is 0. The van der Waals surface area contributed by atoms with Crippen molar-refractivity contribution in [1.29, 1.82) is 5.41 Å². The first-order valence-electron chi connectivity index (χ1n) is 3.96. The van der Waals surface area contributed by atoms with Crippen molar-refractivity contribution >= 4 is 12.0 Å². The number of nitrogens with zero attached hydrogens (tertiary/aromatic N) is 1. The van der Waals surface area contributed by atoms with E-state index in [0.717, 1.165) is 5.69 Å². The Morgan fingerprint density at radius 1 is 1.33 bits per heavy atom. The molecule has 1 N–H and O–H groups in total. The Bertz CT molecular complexity index is 292. The molecule has 2 heteroatoms. The third kappa shape index (κ3) is 1.64. The minimum Gasteiger partial charge on any atom is -0.336 e. The Balaban J connectivity index is 3.09. The zero-order valence-corrected chi connectivity index (χ0v) is 7.76. The van der Waals surface area contributed by atoms with Crippen molar-refractivity contribution < 1.29 is 0 Å². The quantitative estimate of drug-likeness (QED) is 0.524. The number of hydrogen-bond acceptors (Lipinski definition) is 1. The van der Waals surface area contributed by atoms with E-state index in [4.69, 9.17) is 5.41 Å². The molecule has 64 valence electrons. The molecule has 0 aliphatic heterocycles. The first kappa shape index (κ1) is 8.78. The van der Waals surface area contributed by atoms with Crippen LogP contribution in [0.4, 0.5) is 5.69 Å². The SMILES string of the molecule is Cc1ccc(N(C)C=N)c(C)c1. The van der Waals surface area contributed by atoms with Crippen LogP contribution in [0.2, 0.25) is 0 Å². The summed E-state index contributed by atoms with van der Waals surface area (Å²) in [5.41, 5.74) is 3.56. The standard InChI is InChI=1S/C10H14N2/c1-8-4-5-10(9(2)6-8)12(3)7-11/h4-7,11H,1-3H3. The smallest absolute Gasteiger partial charge is 0.0859 e. The maximum absolute atomic E-state index is 7.10. The van der Waals surface area contributed by atoms with Crippen LogP contribution in [0, 0.1) is 19.3 Å². The van der Waals surface area contributed by atoms with Crippen molar-refractivity contribution in [3.63, 3.8) is 0 Å². The Morgan fingerprint density at radius 2 is 2.00 bits per heavy atom. The number of aryl methyl sites for hydroxylation is 2. The van der Waals surface area contributed by atoms with E-state index < -0.39 is 0 Å². The van der Waals surface area contributed by atoms with Gasteiger partial charge in [-0.05, 0) is 25.5 Å². The second kappa shape index (κ2) is 3.39. The van der Waals surface area contributed by atoms with E-state index in [-0.39, 0.29) is 0 Å². The Labute approximate surface area is 73.3 Å². The lowest BCUT2D eigenvalue weighted by Gasteiger charge is -2.15. The molecule has 0 heterocycles. The summed E-state index contributed by atoms with van der Waals surface area (Å²) in [6.45, 7) is 4.13. The highest BCUT2D eigenvalue weighted by molar-refractivity contribution is 5.77. The van der Waals surface area contributed by atoms with Gasteiger partial charge in [0.15, 0.2) is 0 Å². The number of benzene rings is 1. The molecule has 0 atom stereocenters. The maximum Gasteiger partial charge on any atom is 0.0859 e. The van der Waals surface area contributed by atoms with Gasteiger partial charge in [-0.15, -0.1) is 0 Å². The van der Waals surface area contributed by atoms with Gasteiger partial charge in [-0.3, -0.25) is 5.41 Å². The van der Waals surface area contributed by atoms with Gasteiger partial charge in [0.05, 0.1) is 6.34 Å². The lowest BCUT2D eigenvalue weighted by molar-refractivity contribution is 1.23. The molecule has 12 heavy (non-hydrogen) atoms. The minimum absolute atomic E-state index is 1.09. The first-order valence-corrected chi connectivity index (χ1v) is 3.96. The monoisotopic (exact) mass is 162 g/mol. The van der Waals surface area contributed by atoms with E-state index >= 15 is 0 Å². The summed E-state index contributed by atoms with van der Waals surface area (Å²) in [6, 6.07) is 6.22. The van der Waals surface area contributed by atoms with Gasteiger partial charge in [-0.1, -0.05) is 17.7 Å². The third-order valence-corrected chi connectivity index (χ3v) is 1.93.